The van der Waals surface area contributed by atoms with Gasteiger partial charge in [0.05, 0.1) is 11.4 Å². The van der Waals surface area contributed by atoms with Gasteiger partial charge in [0.15, 0.2) is 0 Å². The molecule has 0 bridgehead atoms. The molecule has 0 aliphatic rings. The summed E-state index contributed by atoms with van der Waals surface area (Å²) < 4.78 is 0. The van der Waals surface area contributed by atoms with Crippen molar-refractivity contribution in [2.45, 2.75) is 34.1 Å². The average Bonchev–Trinajstić information content (AvgIpc) is 2.42. The minimum atomic E-state index is 0.812. The zero-order chi connectivity index (χ0) is 14.7. The van der Waals surface area contributed by atoms with Crippen LogP contribution in [0.25, 0.3) is 0 Å². The monoisotopic (exact) mass is 268 g/mol. The number of benzene rings is 2. The first kappa shape index (κ1) is 14.4. The van der Waals surface area contributed by atoms with Crippen LogP contribution in [0.1, 0.15) is 27.8 Å². The van der Waals surface area contributed by atoms with Crippen molar-refractivity contribution in [3.8, 4) is 0 Å². The number of aryl methyl sites for hydroxylation is 2. The Morgan fingerprint density at radius 2 is 1.70 bits per heavy atom. The van der Waals surface area contributed by atoms with Crippen LogP contribution in [-0.2, 0) is 6.42 Å². The minimum absolute atomic E-state index is 0.812. The maximum atomic E-state index is 5.98. The summed E-state index contributed by atoms with van der Waals surface area (Å²) in [5, 5.41) is 3.44. The standard InChI is InChI=1S/C18H24N2/c1-12-5-8-17(19)18(11-12)20-10-9-16-7-6-13(2)14(3)15(16)4/h5-8,11,20H,9-10,19H2,1-4H3. The van der Waals surface area contributed by atoms with E-state index in [0.717, 1.165) is 24.3 Å². The van der Waals surface area contributed by atoms with Crippen molar-refractivity contribution in [2.75, 3.05) is 17.6 Å². The highest BCUT2D eigenvalue weighted by molar-refractivity contribution is 5.66. The Kier molecular flexibility index (Phi) is 4.33. The van der Waals surface area contributed by atoms with Gasteiger partial charge in [0.25, 0.3) is 0 Å². The fourth-order valence-electron chi connectivity index (χ4n) is 2.44. The van der Waals surface area contributed by atoms with E-state index in [1.54, 1.807) is 0 Å². The van der Waals surface area contributed by atoms with Gasteiger partial charge in [-0.25, -0.2) is 0 Å². The molecule has 0 aromatic heterocycles. The third-order valence-electron chi connectivity index (χ3n) is 4.09. The van der Waals surface area contributed by atoms with E-state index in [1.165, 1.54) is 27.8 Å². The summed E-state index contributed by atoms with van der Waals surface area (Å²) in [4.78, 5) is 0. The van der Waals surface area contributed by atoms with E-state index in [1.807, 2.05) is 12.1 Å². The number of nitrogen functional groups attached to an aromatic ring is 1. The van der Waals surface area contributed by atoms with Gasteiger partial charge >= 0.3 is 0 Å². The molecule has 0 atom stereocenters. The van der Waals surface area contributed by atoms with Crippen LogP contribution in [0.4, 0.5) is 11.4 Å². The van der Waals surface area contributed by atoms with Gasteiger partial charge < -0.3 is 11.1 Å². The topological polar surface area (TPSA) is 38.0 Å². The van der Waals surface area contributed by atoms with E-state index < -0.39 is 0 Å². The highest BCUT2D eigenvalue weighted by Crippen LogP contribution is 2.21. The predicted molar refractivity (Wildman–Crippen MR) is 88.4 cm³/mol. The Morgan fingerprint density at radius 1 is 0.950 bits per heavy atom. The SMILES string of the molecule is Cc1ccc(N)c(NCCc2ccc(C)c(C)c2C)c1. The molecular weight excluding hydrogens is 244 g/mol. The summed E-state index contributed by atoms with van der Waals surface area (Å²) in [5.74, 6) is 0. The van der Waals surface area contributed by atoms with E-state index >= 15 is 0 Å². The summed E-state index contributed by atoms with van der Waals surface area (Å²) >= 11 is 0. The second kappa shape index (κ2) is 6.00. The Hall–Kier alpha value is -1.96. The third kappa shape index (κ3) is 3.13. The number of nitrogens with one attached hydrogen (secondary N) is 1. The molecule has 2 aromatic carbocycles. The van der Waals surface area contributed by atoms with Gasteiger partial charge in [0.2, 0.25) is 0 Å². The molecule has 2 heteroatoms. The fourth-order valence-corrected chi connectivity index (χ4v) is 2.44. The fraction of sp³-hybridized carbons (Fsp3) is 0.333. The molecule has 0 aliphatic carbocycles. The molecule has 0 aliphatic heterocycles. The third-order valence-corrected chi connectivity index (χ3v) is 4.09. The van der Waals surface area contributed by atoms with Gasteiger partial charge in [0.1, 0.15) is 0 Å². The van der Waals surface area contributed by atoms with E-state index in [2.05, 4.69) is 51.2 Å². The summed E-state index contributed by atoms with van der Waals surface area (Å²) in [6.07, 6.45) is 1.01. The Bertz CT molecular complexity index is 615. The molecule has 20 heavy (non-hydrogen) atoms. The van der Waals surface area contributed by atoms with Crippen molar-refractivity contribution < 1.29 is 0 Å². The number of hydrogen-bond acceptors (Lipinski definition) is 2. The molecule has 0 spiro atoms. The van der Waals surface area contributed by atoms with E-state index in [0.29, 0.717) is 0 Å². The van der Waals surface area contributed by atoms with Crippen molar-refractivity contribution in [1.82, 2.24) is 0 Å². The summed E-state index contributed by atoms with van der Waals surface area (Å²) in [5.41, 5.74) is 14.6. The van der Waals surface area contributed by atoms with Crippen molar-refractivity contribution in [3.63, 3.8) is 0 Å². The molecule has 2 aromatic rings. The number of nitrogens with two attached hydrogens (primary N) is 1. The van der Waals surface area contributed by atoms with Crippen LogP contribution in [-0.4, -0.2) is 6.54 Å². The first-order chi connectivity index (χ1) is 9.49. The summed E-state index contributed by atoms with van der Waals surface area (Å²) in [7, 11) is 0. The van der Waals surface area contributed by atoms with Crippen molar-refractivity contribution in [2.24, 2.45) is 0 Å². The lowest BCUT2D eigenvalue weighted by Gasteiger charge is -2.13. The Balaban J connectivity index is 2.03. The van der Waals surface area contributed by atoms with Crippen LogP contribution < -0.4 is 11.1 Å². The van der Waals surface area contributed by atoms with Gasteiger partial charge in [-0.05, 0) is 74.1 Å². The molecule has 0 saturated carbocycles. The van der Waals surface area contributed by atoms with Gasteiger partial charge in [-0.15, -0.1) is 0 Å². The number of rotatable bonds is 4. The number of hydrogen-bond donors (Lipinski definition) is 2. The molecular formula is C18H24N2. The van der Waals surface area contributed by atoms with Gasteiger partial charge in [-0.1, -0.05) is 18.2 Å². The first-order valence-corrected chi connectivity index (χ1v) is 7.14. The van der Waals surface area contributed by atoms with Gasteiger partial charge in [-0.2, -0.15) is 0 Å². The van der Waals surface area contributed by atoms with Gasteiger partial charge in [0, 0.05) is 6.54 Å². The van der Waals surface area contributed by atoms with Crippen LogP contribution in [0, 0.1) is 27.7 Å². The zero-order valence-electron chi connectivity index (χ0n) is 12.9. The van der Waals surface area contributed by atoms with Crippen LogP contribution in [0.15, 0.2) is 30.3 Å². The Labute approximate surface area is 122 Å². The molecule has 2 rings (SSSR count). The lowest BCUT2D eigenvalue weighted by Crippen LogP contribution is -2.08. The highest BCUT2D eigenvalue weighted by atomic mass is 14.9. The van der Waals surface area contributed by atoms with Crippen LogP contribution in [0.3, 0.4) is 0 Å². The van der Waals surface area contributed by atoms with E-state index in [4.69, 9.17) is 5.73 Å². The normalized spacial score (nSPS) is 10.6. The first-order valence-electron chi connectivity index (χ1n) is 7.14. The maximum absolute atomic E-state index is 5.98. The van der Waals surface area contributed by atoms with Crippen LogP contribution in [0.2, 0.25) is 0 Å². The molecule has 0 amide bonds. The molecule has 0 fully saturated rings. The van der Waals surface area contributed by atoms with Gasteiger partial charge in [-0.3, -0.25) is 0 Å². The van der Waals surface area contributed by atoms with Crippen LogP contribution >= 0.6 is 0 Å². The second-order valence-electron chi connectivity index (χ2n) is 5.56. The molecule has 0 saturated heterocycles. The van der Waals surface area contributed by atoms with Crippen LogP contribution in [0.5, 0.6) is 0 Å². The van der Waals surface area contributed by atoms with Crippen molar-refractivity contribution >= 4 is 11.4 Å². The summed E-state index contributed by atoms with van der Waals surface area (Å²) in [6.45, 7) is 9.55. The molecule has 0 unspecified atom stereocenters. The lowest BCUT2D eigenvalue weighted by molar-refractivity contribution is 0.996. The predicted octanol–water partition coefficient (Wildman–Crippen LogP) is 4.16. The minimum Gasteiger partial charge on any atom is -0.397 e. The number of anilines is 2. The van der Waals surface area contributed by atoms with Crippen molar-refractivity contribution in [1.29, 1.82) is 0 Å². The maximum Gasteiger partial charge on any atom is 0.0576 e. The summed E-state index contributed by atoms with van der Waals surface area (Å²) in [6, 6.07) is 10.5. The van der Waals surface area contributed by atoms with E-state index in [-0.39, 0.29) is 0 Å². The second-order valence-corrected chi connectivity index (χ2v) is 5.56. The smallest absolute Gasteiger partial charge is 0.0576 e. The molecule has 3 N–H and O–H groups in total. The largest absolute Gasteiger partial charge is 0.397 e. The zero-order valence-corrected chi connectivity index (χ0v) is 12.9. The highest BCUT2D eigenvalue weighted by Gasteiger charge is 2.04. The molecule has 0 heterocycles. The van der Waals surface area contributed by atoms with E-state index in [9.17, 15) is 0 Å². The lowest BCUT2D eigenvalue weighted by atomic mass is 9.97. The Morgan fingerprint density at radius 3 is 2.45 bits per heavy atom. The average molecular weight is 268 g/mol. The quantitative estimate of drug-likeness (QED) is 0.817. The molecule has 2 nitrogen and oxygen atoms in total. The molecule has 0 radical (unpaired) electrons. The van der Waals surface area contributed by atoms with Crippen molar-refractivity contribution in [3.05, 3.63) is 58.1 Å². The molecule has 106 valence electrons.